The molecule has 0 spiro atoms. The lowest BCUT2D eigenvalue weighted by Crippen LogP contribution is -1.98. The van der Waals surface area contributed by atoms with Gasteiger partial charge in [0.2, 0.25) is 0 Å². The molecule has 2 heteroatoms. The topological polar surface area (TPSA) is 9.23 Å². The van der Waals surface area contributed by atoms with E-state index in [9.17, 15) is 0 Å². The Hall–Kier alpha value is 0.250. The van der Waals surface area contributed by atoms with Gasteiger partial charge in [-0.2, -0.15) is 0 Å². The molecule has 0 radical (unpaired) electrons. The maximum absolute atomic E-state index is 5.94. The molecular formula is C9H19ClO. The van der Waals surface area contributed by atoms with Crippen LogP contribution in [0.3, 0.4) is 0 Å². The number of ether oxygens (including phenoxy) is 1. The summed E-state index contributed by atoms with van der Waals surface area (Å²) in [5.41, 5.74) is 0. The Morgan fingerprint density at radius 1 is 1.27 bits per heavy atom. The summed E-state index contributed by atoms with van der Waals surface area (Å²) in [7, 11) is 0. The first-order chi connectivity index (χ1) is 5.31. The van der Waals surface area contributed by atoms with Crippen LogP contribution in [0.15, 0.2) is 0 Å². The predicted molar refractivity (Wildman–Crippen MR) is 50.3 cm³/mol. The molecule has 0 rings (SSSR count). The van der Waals surface area contributed by atoms with Crippen molar-refractivity contribution in [2.45, 2.75) is 44.9 Å². The number of hydrogen-bond acceptors (Lipinski definition) is 1. The number of alkyl halides is 1. The van der Waals surface area contributed by atoms with Gasteiger partial charge in [-0.1, -0.05) is 6.92 Å². The Labute approximate surface area is 75.1 Å². The van der Waals surface area contributed by atoms with Gasteiger partial charge in [0, 0.05) is 18.6 Å². The average molecular weight is 179 g/mol. The van der Waals surface area contributed by atoms with Gasteiger partial charge in [0.15, 0.2) is 0 Å². The van der Waals surface area contributed by atoms with E-state index in [4.69, 9.17) is 16.3 Å². The van der Waals surface area contributed by atoms with Crippen LogP contribution in [0, 0.1) is 0 Å². The van der Waals surface area contributed by atoms with Crippen molar-refractivity contribution in [1.82, 2.24) is 0 Å². The summed E-state index contributed by atoms with van der Waals surface area (Å²) in [6.07, 6.45) is 4.56. The second kappa shape index (κ2) is 8.35. The molecule has 0 heterocycles. The predicted octanol–water partition coefficient (Wildman–Crippen LogP) is 3.21. The van der Waals surface area contributed by atoms with E-state index in [-0.39, 0.29) is 0 Å². The van der Waals surface area contributed by atoms with Gasteiger partial charge in [0.05, 0.1) is 0 Å². The van der Waals surface area contributed by atoms with Crippen molar-refractivity contribution in [1.29, 1.82) is 0 Å². The molecular weight excluding hydrogens is 160 g/mol. The van der Waals surface area contributed by atoms with E-state index in [1.165, 1.54) is 6.42 Å². The third kappa shape index (κ3) is 8.15. The van der Waals surface area contributed by atoms with Crippen molar-refractivity contribution < 1.29 is 4.74 Å². The standard InChI is InChI=1S/C9H19ClO/c1-3-9(10)7-5-6-8-11-4-2/h9H,3-8H2,1-2H3. The van der Waals surface area contributed by atoms with Crippen LogP contribution in [-0.4, -0.2) is 18.6 Å². The van der Waals surface area contributed by atoms with Crippen LogP contribution in [0.2, 0.25) is 0 Å². The highest BCUT2D eigenvalue weighted by atomic mass is 35.5. The quantitative estimate of drug-likeness (QED) is 0.430. The molecule has 0 N–H and O–H groups in total. The van der Waals surface area contributed by atoms with E-state index >= 15 is 0 Å². The molecule has 11 heavy (non-hydrogen) atoms. The molecule has 0 aliphatic rings. The maximum Gasteiger partial charge on any atom is 0.0465 e. The van der Waals surface area contributed by atoms with Gasteiger partial charge >= 0.3 is 0 Å². The van der Waals surface area contributed by atoms with Crippen molar-refractivity contribution in [3.05, 3.63) is 0 Å². The summed E-state index contributed by atoms with van der Waals surface area (Å²) in [5.74, 6) is 0. The lowest BCUT2D eigenvalue weighted by atomic mass is 10.1. The number of hydrogen-bond donors (Lipinski definition) is 0. The fourth-order valence-electron chi connectivity index (χ4n) is 0.918. The zero-order valence-corrected chi connectivity index (χ0v) is 8.36. The normalized spacial score (nSPS) is 13.4. The van der Waals surface area contributed by atoms with Gasteiger partial charge in [0.1, 0.15) is 0 Å². The largest absolute Gasteiger partial charge is 0.382 e. The van der Waals surface area contributed by atoms with Crippen LogP contribution in [0.1, 0.15) is 39.5 Å². The minimum Gasteiger partial charge on any atom is -0.382 e. The molecule has 0 aromatic carbocycles. The van der Waals surface area contributed by atoms with Crippen molar-refractivity contribution in [2.75, 3.05) is 13.2 Å². The first-order valence-corrected chi connectivity index (χ1v) is 4.96. The Kier molecular flexibility index (Phi) is 8.54. The van der Waals surface area contributed by atoms with Crippen LogP contribution in [0.5, 0.6) is 0 Å². The van der Waals surface area contributed by atoms with Gasteiger partial charge in [-0.3, -0.25) is 0 Å². The third-order valence-electron chi connectivity index (χ3n) is 1.70. The van der Waals surface area contributed by atoms with Crippen LogP contribution < -0.4 is 0 Å². The van der Waals surface area contributed by atoms with Gasteiger partial charge in [0.25, 0.3) is 0 Å². The van der Waals surface area contributed by atoms with Crippen LogP contribution in [0.4, 0.5) is 0 Å². The first kappa shape index (κ1) is 11.2. The molecule has 1 nitrogen and oxygen atoms in total. The molecule has 0 aromatic rings. The van der Waals surface area contributed by atoms with E-state index in [0.717, 1.165) is 32.5 Å². The molecule has 0 aromatic heterocycles. The number of unbranched alkanes of at least 4 members (excludes halogenated alkanes) is 1. The van der Waals surface area contributed by atoms with Crippen LogP contribution in [0.25, 0.3) is 0 Å². The summed E-state index contributed by atoms with van der Waals surface area (Å²) in [4.78, 5) is 0. The van der Waals surface area contributed by atoms with Gasteiger partial charge < -0.3 is 4.74 Å². The molecule has 0 amide bonds. The lowest BCUT2D eigenvalue weighted by molar-refractivity contribution is 0.143. The summed E-state index contributed by atoms with van der Waals surface area (Å²) in [5, 5.41) is 0.372. The zero-order valence-electron chi connectivity index (χ0n) is 7.61. The highest BCUT2D eigenvalue weighted by molar-refractivity contribution is 6.20. The fraction of sp³-hybridized carbons (Fsp3) is 1.00. The monoisotopic (exact) mass is 178 g/mol. The Bertz CT molecular complexity index is 76.0. The van der Waals surface area contributed by atoms with E-state index < -0.39 is 0 Å². The van der Waals surface area contributed by atoms with E-state index in [2.05, 4.69) is 6.92 Å². The molecule has 0 aliphatic heterocycles. The molecule has 1 atom stereocenters. The van der Waals surface area contributed by atoms with Crippen molar-refractivity contribution >= 4 is 11.6 Å². The first-order valence-electron chi connectivity index (χ1n) is 4.53. The fourth-order valence-corrected chi connectivity index (χ4v) is 1.07. The highest BCUT2D eigenvalue weighted by Gasteiger charge is 1.99. The smallest absolute Gasteiger partial charge is 0.0465 e. The SMILES string of the molecule is CCOCCCCC(Cl)CC. The zero-order chi connectivity index (χ0) is 8.53. The maximum atomic E-state index is 5.94. The van der Waals surface area contributed by atoms with E-state index in [0.29, 0.717) is 5.38 Å². The summed E-state index contributed by atoms with van der Waals surface area (Å²) < 4.78 is 5.21. The van der Waals surface area contributed by atoms with E-state index in [1.54, 1.807) is 0 Å². The number of rotatable bonds is 7. The second-order valence-electron chi connectivity index (χ2n) is 2.70. The Morgan fingerprint density at radius 2 is 2.00 bits per heavy atom. The molecule has 0 bridgehead atoms. The van der Waals surface area contributed by atoms with Crippen molar-refractivity contribution in [2.24, 2.45) is 0 Å². The minimum atomic E-state index is 0.372. The molecule has 0 fully saturated rings. The van der Waals surface area contributed by atoms with E-state index in [1.807, 2.05) is 6.92 Å². The van der Waals surface area contributed by atoms with Crippen molar-refractivity contribution in [3.8, 4) is 0 Å². The summed E-state index contributed by atoms with van der Waals surface area (Å²) in [6, 6.07) is 0. The summed E-state index contributed by atoms with van der Waals surface area (Å²) in [6.45, 7) is 5.87. The average Bonchev–Trinajstić information content (AvgIpc) is 2.04. The molecule has 0 aliphatic carbocycles. The third-order valence-corrected chi connectivity index (χ3v) is 2.23. The van der Waals surface area contributed by atoms with Crippen LogP contribution >= 0.6 is 11.6 Å². The molecule has 0 saturated heterocycles. The molecule has 68 valence electrons. The lowest BCUT2D eigenvalue weighted by Gasteiger charge is -2.05. The van der Waals surface area contributed by atoms with Gasteiger partial charge in [-0.05, 0) is 32.6 Å². The number of halogens is 1. The Morgan fingerprint density at radius 3 is 2.55 bits per heavy atom. The van der Waals surface area contributed by atoms with Gasteiger partial charge in [-0.15, -0.1) is 11.6 Å². The van der Waals surface area contributed by atoms with Gasteiger partial charge in [-0.25, -0.2) is 0 Å². The van der Waals surface area contributed by atoms with Crippen molar-refractivity contribution in [3.63, 3.8) is 0 Å². The molecule has 0 saturated carbocycles. The van der Waals surface area contributed by atoms with Crippen LogP contribution in [-0.2, 0) is 4.74 Å². The minimum absolute atomic E-state index is 0.372. The second-order valence-corrected chi connectivity index (χ2v) is 3.32. The Balaban J connectivity index is 2.89. The summed E-state index contributed by atoms with van der Waals surface area (Å²) >= 11 is 5.94. The highest BCUT2D eigenvalue weighted by Crippen LogP contribution is 2.10. The molecule has 1 unspecified atom stereocenters.